The summed E-state index contributed by atoms with van der Waals surface area (Å²) < 4.78 is 23.4. The van der Waals surface area contributed by atoms with Gasteiger partial charge in [-0.05, 0) is 229 Å². The van der Waals surface area contributed by atoms with Crippen molar-refractivity contribution in [1.82, 2.24) is 24.5 Å². The average Bonchev–Trinajstić information content (AvgIpc) is 1.65. The summed E-state index contributed by atoms with van der Waals surface area (Å²) in [5.41, 5.74) is 28.3. The molecule has 14 aromatic rings. The number of aryl methyl sites for hydroxylation is 5. The Hall–Kier alpha value is -10.8. The highest BCUT2D eigenvalue weighted by atomic mass is 16.5. The van der Waals surface area contributed by atoms with E-state index >= 15 is 0 Å². The van der Waals surface area contributed by atoms with Gasteiger partial charge in [-0.15, -0.1) is 0 Å². The second kappa shape index (κ2) is 32.7. The smallest absolute Gasteiger partial charge is 0.419 e. The first-order chi connectivity index (χ1) is 52.8. The van der Waals surface area contributed by atoms with Crippen molar-refractivity contribution < 1.29 is 27.6 Å². The molecule has 1 amide bonds. The van der Waals surface area contributed by atoms with Crippen molar-refractivity contribution in [2.45, 2.75) is 236 Å². The number of ether oxygens (including phenoxy) is 1. The largest absolute Gasteiger partial charge is 0.436 e. The molecule has 3 N–H and O–H groups in total. The first-order valence-electron chi connectivity index (χ1n) is 39.9. The van der Waals surface area contributed by atoms with Gasteiger partial charge in [0.25, 0.3) is 0 Å². The predicted octanol–water partition coefficient (Wildman–Crippen LogP) is 25.4. The van der Waals surface area contributed by atoms with Gasteiger partial charge in [0.05, 0.1) is 18.4 Å². The van der Waals surface area contributed by atoms with E-state index in [1.807, 2.05) is 97.1 Å². The topological polar surface area (TPSA) is 174 Å². The Morgan fingerprint density at radius 2 is 0.903 bits per heavy atom. The Morgan fingerprint density at radius 3 is 1.50 bits per heavy atom. The van der Waals surface area contributed by atoms with E-state index in [-0.39, 0.29) is 55.5 Å². The maximum absolute atomic E-state index is 11.3. The van der Waals surface area contributed by atoms with E-state index in [1.54, 1.807) is 12.6 Å². The van der Waals surface area contributed by atoms with Crippen molar-refractivity contribution in [3.05, 3.63) is 271 Å². The number of H-pyrrole nitrogens is 2. The van der Waals surface area contributed by atoms with E-state index in [4.69, 9.17) is 18.0 Å². The third-order valence-electron chi connectivity index (χ3n) is 21.2. The van der Waals surface area contributed by atoms with Crippen molar-refractivity contribution in [2.75, 3.05) is 5.32 Å². The molecular weight excluding hydrogens is 1400 g/mol. The number of benzene rings is 9. The second-order valence-electron chi connectivity index (χ2n) is 37.8. The number of amides is 1. The normalized spacial score (nSPS) is 13.5. The van der Waals surface area contributed by atoms with Crippen LogP contribution in [0.25, 0.3) is 78.0 Å². The summed E-state index contributed by atoms with van der Waals surface area (Å²) in [5, 5.41) is 5.64. The summed E-state index contributed by atoms with van der Waals surface area (Å²) in [6.45, 7) is 50.3. The van der Waals surface area contributed by atoms with Gasteiger partial charge >= 0.3 is 11.7 Å². The number of hydrogen-bond acceptors (Lipinski definition) is 9. The maximum atomic E-state index is 11.3. The molecule has 13 nitrogen and oxygen atoms in total. The highest BCUT2D eigenvalue weighted by Crippen LogP contribution is 2.38. The minimum Gasteiger partial charge on any atom is -0.436 e. The summed E-state index contributed by atoms with van der Waals surface area (Å²) >= 11 is 0. The molecule has 0 saturated heterocycles. The summed E-state index contributed by atoms with van der Waals surface area (Å²) in [6, 6.07) is 64.6. The molecule has 0 saturated carbocycles. The SMILES string of the molecule is CC(C)(C)c1ccc2c(c1)NC(=O)C2.CC(C)(C)c1ccc2c(c1)OC(=O)C2.CC(C)(C)c1ccc2c3c([nH]c2c1)CCCC3.CC(C)(C)c1ccc2oc(-c3ccccc3)nc2c1.Cc1cc2cc(C(C)(C)C)ccc2[nH]1.Cc1ccccc1-c1nc2cc(C(C)(C)C)ccc2o1.Cn1c(=O)oc2ccc(C(C)(C)C)cc21. The minimum atomic E-state index is -0.309. The lowest BCUT2D eigenvalue weighted by atomic mass is 9.86. The molecule has 0 spiro atoms. The van der Waals surface area contributed by atoms with E-state index in [0.717, 1.165) is 61.4 Å². The van der Waals surface area contributed by atoms with Gasteiger partial charge in [0.1, 0.15) is 16.8 Å². The van der Waals surface area contributed by atoms with Gasteiger partial charge < -0.3 is 33.3 Å². The first-order valence-corrected chi connectivity index (χ1v) is 39.9. The molecule has 0 fully saturated rings. The zero-order valence-corrected chi connectivity index (χ0v) is 71.3. The summed E-state index contributed by atoms with van der Waals surface area (Å²) in [7, 11) is 1.72. The van der Waals surface area contributed by atoms with Crippen LogP contribution in [0.2, 0.25) is 0 Å². The van der Waals surface area contributed by atoms with E-state index in [1.165, 1.54) is 108 Å². The second-order valence-corrected chi connectivity index (χ2v) is 37.8. The Bertz CT molecular complexity index is 5720. The zero-order valence-electron chi connectivity index (χ0n) is 71.3. The van der Waals surface area contributed by atoms with Crippen LogP contribution in [0.1, 0.15) is 231 Å². The van der Waals surface area contributed by atoms with Gasteiger partial charge in [0, 0.05) is 57.2 Å². The quantitative estimate of drug-likeness (QED) is 0.112. The summed E-state index contributed by atoms with van der Waals surface area (Å²) in [4.78, 5) is 49.7. The Kier molecular flexibility index (Phi) is 24.1. The van der Waals surface area contributed by atoms with Crippen LogP contribution in [0, 0.1) is 13.8 Å². The fraction of sp³-hybridized carbons (Fsp3) is 0.370. The molecule has 113 heavy (non-hydrogen) atoms. The number of nitrogens with one attached hydrogen (secondary N) is 3. The zero-order chi connectivity index (χ0) is 82.1. The molecular formula is C100H118N6O7. The lowest BCUT2D eigenvalue weighted by Gasteiger charge is -2.19. The number of carbonyl (C=O) groups excluding carboxylic acids is 2. The van der Waals surface area contributed by atoms with Crippen molar-refractivity contribution in [2.24, 2.45) is 7.05 Å². The molecule has 0 atom stereocenters. The van der Waals surface area contributed by atoms with Crippen LogP contribution < -0.4 is 15.8 Å². The number of aromatic amines is 2. The van der Waals surface area contributed by atoms with Crippen molar-refractivity contribution in [3.8, 4) is 28.7 Å². The van der Waals surface area contributed by atoms with Crippen LogP contribution in [-0.4, -0.2) is 36.4 Å². The van der Waals surface area contributed by atoms with Gasteiger partial charge in [-0.2, -0.15) is 0 Å². The molecule has 1 aliphatic carbocycles. The monoisotopic (exact) mass is 1510 g/mol. The van der Waals surface area contributed by atoms with Gasteiger partial charge in [-0.1, -0.05) is 242 Å². The minimum absolute atomic E-state index is 0.0848. The number of fused-ring (bicyclic) bond motifs is 9. The van der Waals surface area contributed by atoms with Crippen LogP contribution in [0.5, 0.6) is 5.75 Å². The molecule has 7 heterocycles. The number of rotatable bonds is 2. The van der Waals surface area contributed by atoms with Crippen LogP contribution in [0.4, 0.5) is 5.69 Å². The number of aromatic nitrogens is 5. The van der Waals surface area contributed by atoms with E-state index in [0.29, 0.717) is 30.2 Å². The number of esters is 1. The van der Waals surface area contributed by atoms with Gasteiger partial charge in [0.2, 0.25) is 17.7 Å². The van der Waals surface area contributed by atoms with Crippen LogP contribution >= 0.6 is 0 Å². The van der Waals surface area contributed by atoms with Gasteiger partial charge in [-0.25, -0.2) is 14.8 Å². The lowest BCUT2D eigenvalue weighted by Crippen LogP contribution is -2.12. The predicted molar refractivity (Wildman–Crippen MR) is 469 cm³/mol. The molecule has 17 rings (SSSR count). The average molecular weight is 1520 g/mol. The third kappa shape index (κ3) is 20.5. The molecule has 590 valence electrons. The van der Waals surface area contributed by atoms with E-state index < -0.39 is 0 Å². The van der Waals surface area contributed by atoms with Crippen molar-refractivity contribution >= 4 is 72.7 Å². The molecule has 5 aromatic heterocycles. The highest BCUT2D eigenvalue weighted by molar-refractivity contribution is 5.99. The Morgan fingerprint density at radius 1 is 0.416 bits per heavy atom. The van der Waals surface area contributed by atoms with Gasteiger partial charge in [0.15, 0.2) is 16.7 Å². The van der Waals surface area contributed by atoms with Crippen molar-refractivity contribution in [1.29, 1.82) is 0 Å². The molecule has 9 aromatic carbocycles. The highest BCUT2D eigenvalue weighted by Gasteiger charge is 2.27. The van der Waals surface area contributed by atoms with Gasteiger partial charge in [-0.3, -0.25) is 14.2 Å². The third-order valence-corrected chi connectivity index (χ3v) is 21.2. The standard InChI is InChI=1S/C18H19NO.C17H17NO.C16H21N.C13H17N.C12H15NO2.C12H15NO.C12H14O2/c1-12-7-5-6-8-14(12)17-19-15-11-13(18(2,3)4)9-10-16(15)20-17;1-17(2,3)13-9-10-15-14(11-13)18-16(19-15)12-7-5-4-6-8-12;1-16(2,3)11-8-9-13-12-6-4-5-7-14(12)17-15(13)10-11;1-9-7-10-8-11(13(2,3)4)5-6-12(10)14-9;1-12(2,3)8-5-6-10-9(7-8)13(4)11(14)15-10;1-12(2,3)9-5-4-8-6-11(14)13-10(8)7-9;1-12(2,3)9-5-4-8-6-11(13)14-10(8)7-9/h5-11H,1-4H3;4-11H,1-3H3;8-10,17H,4-7H2,1-3H3;5-8,14H,1-4H3;5-7H,1-4H3;4-5,7H,6H2,1-3H3,(H,13,14);4-5,7H,6H2,1-3H3. The van der Waals surface area contributed by atoms with E-state index in [2.05, 4.69) is 275 Å². The molecule has 3 aliphatic rings. The number of hydrogen-bond donors (Lipinski definition) is 3. The molecule has 2 aliphatic heterocycles. The van der Waals surface area contributed by atoms with Crippen molar-refractivity contribution in [3.63, 3.8) is 0 Å². The number of anilines is 1. The van der Waals surface area contributed by atoms with Crippen LogP contribution in [0.3, 0.4) is 0 Å². The van der Waals surface area contributed by atoms with Crippen LogP contribution in [-0.2, 0) is 80.2 Å². The molecule has 0 bridgehead atoms. The number of nitrogens with zero attached hydrogens (tertiary/aromatic N) is 3. The molecule has 13 heteroatoms. The first kappa shape index (κ1) is 83.2. The maximum Gasteiger partial charge on any atom is 0.419 e. The summed E-state index contributed by atoms with van der Waals surface area (Å²) in [5.74, 6) is 1.77. The van der Waals surface area contributed by atoms with Crippen LogP contribution in [0.15, 0.2) is 206 Å². The lowest BCUT2D eigenvalue weighted by molar-refractivity contribution is -0.131. The Labute approximate surface area is 668 Å². The fourth-order valence-corrected chi connectivity index (χ4v) is 13.9. The fourth-order valence-electron chi connectivity index (χ4n) is 13.9. The molecule has 0 radical (unpaired) electrons. The Balaban J connectivity index is 0.000000131. The number of carbonyl (C=O) groups is 2. The summed E-state index contributed by atoms with van der Waals surface area (Å²) in [6.07, 6.45) is 6.12. The number of oxazole rings is 3. The molecule has 0 unspecified atom stereocenters. The van der Waals surface area contributed by atoms with E-state index in [9.17, 15) is 14.4 Å².